The third-order valence-corrected chi connectivity index (χ3v) is 4.80. The number of benzene rings is 2. The highest BCUT2D eigenvalue weighted by molar-refractivity contribution is 5.73. The van der Waals surface area contributed by atoms with Crippen LogP contribution in [-0.2, 0) is 6.54 Å². The molecule has 2 atom stereocenters. The average molecular weight is 351 g/mol. The number of hydrazine groups is 1. The first-order valence-electron chi connectivity index (χ1n) is 8.82. The van der Waals surface area contributed by atoms with Gasteiger partial charge in [0.2, 0.25) is 0 Å². The molecule has 4 rings (SSSR count). The highest BCUT2D eigenvalue weighted by atomic mass is 19.1. The maximum atomic E-state index is 13.2. The molecule has 5 nitrogen and oxygen atoms in total. The van der Waals surface area contributed by atoms with Crippen molar-refractivity contribution in [1.29, 1.82) is 0 Å². The van der Waals surface area contributed by atoms with Crippen LogP contribution < -0.4 is 10.9 Å². The maximum absolute atomic E-state index is 13.2. The molecule has 2 heterocycles. The van der Waals surface area contributed by atoms with Crippen molar-refractivity contribution in [2.45, 2.75) is 12.6 Å². The monoisotopic (exact) mass is 351 g/mol. The molecule has 1 aromatic heterocycles. The minimum atomic E-state index is -0.205. The molecule has 0 aliphatic carbocycles. The Labute approximate surface area is 152 Å². The number of hydrogen-bond acceptors (Lipinski definition) is 5. The molecule has 6 heteroatoms. The van der Waals surface area contributed by atoms with Gasteiger partial charge in [-0.05, 0) is 36.9 Å². The number of para-hydroxylation sites is 2. The van der Waals surface area contributed by atoms with Gasteiger partial charge in [0.05, 0.1) is 29.0 Å². The standard InChI is InChI=1S/C20H22FN5/c1-26(13-17-11-22-18-4-2-3-5-19(18)24-17)12-15-10-23-25-20(15)14-6-8-16(21)9-7-14/h2-9,11,15,20,23,25H,10,12-13H2,1H3. The van der Waals surface area contributed by atoms with Crippen LogP contribution in [0.3, 0.4) is 0 Å². The third kappa shape index (κ3) is 3.72. The van der Waals surface area contributed by atoms with Crippen molar-refractivity contribution in [2.24, 2.45) is 5.92 Å². The lowest BCUT2D eigenvalue weighted by Gasteiger charge is -2.24. The van der Waals surface area contributed by atoms with E-state index in [-0.39, 0.29) is 11.9 Å². The molecule has 0 saturated carbocycles. The van der Waals surface area contributed by atoms with E-state index < -0.39 is 0 Å². The Balaban J connectivity index is 1.43. The van der Waals surface area contributed by atoms with Crippen molar-refractivity contribution in [1.82, 2.24) is 25.7 Å². The fourth-order valence-corrected chi connectivity index (χ4v) is 3.54. The zero-order valence-electron chi connectivity index (χ0n) is 14.7. The summed E-state index contributed by atoms with van der Waals surface area (Å²) in [6.07, 6.45) is 1.85. The van der Waals surface area contributed by atoms with E-state index in [1.807, 2.05) is 42.6 Å². The van der Waals surface area contributed by atoms with Crippen LogP contribution in [0.2, 0.25) is 0 Å². The fraction of sp³-hybridized carbons (Fsp3) is 0.300. The van der Waals surface area contributed by atoms with Crippen LogP contribution >= 0.6 is 0 Å². The Bertz CT molecular complexity index is 883. The summed E-state index contributed by atoms with van der Waals surface area (Å²) in [5.41, 5.74) is 10.4. The minimum Gasteiger partial charge on any atom is -0.300 e. The molecule has 26 heavy (non-hydrogen) atoms. The van der Waals surface area contributed by atoms with E-state index in [1.165, 1.54) is 12.1 Å². The number of nitrogens with zero attached hydrogens (tertiary/aromatic N) is 3. The van der Waals surface area contributed by atoms with Gasteiger partial charge in [0.25, 0.3) is 0 Å². The maximum Gasteiger partial charge on any atom is 0.123 e. The summed E-state index contributed by atoms with van der Waals surface area (Å²) < 4.78 is 13.2. The molecule has 1 fully saturated rings. The summed E-state index contributed by atoms with van der Waals surface area (Å²) >= 11 is 0. The summed E-state index contributed by atoms with van der Waals surface area (Å²) in [7, 11) is 2.09. The highest BCUT2D eigenvalue weighted by Gasteiger charge is 2.29. The Kier molecular flexibility index (Phi) is 4.88. The molecular weight excluding hydrogens is 329 g/mol. The third-order valence-electron chi connectivity index (χ3n) is 4.80. The highest BCUT2D eigenvalue weighted by Crippen LogP contribution is 2.26. The topological polar surface area (TPSA) is 53.1 Å². The Morgan fingerprint density at radius 1 is 1.12 bits per heavy atom. The van der Waals surface area contributed by atoms with E-state index in [4.69, 9.17) is 4.98 Å². The molecule has 1 aliphatic rings. The number of hydrogen-bond donors (Lipinski definition) is 2. The minimum absolute atomic E-state index is 0.167. The van der Waals surface area contributed by atoms with E-state index in [2.05, 4.69) is 27.8 Å². The van der Waals surface area contributed by atoms with Crippen LogP contribution in [0, 0.1) is 11.7 Å². The largest absolute Gasteiger partial charge is 0.300 e. The molecule has 3 aromatic rings. The first kappa shape index (κ1) is 17.0. The van der Waals surface area contributed by atoms with Crippen LogP contribution in [0.25, 0.3) is 11.0 Å². The second-order valence-electron chi connectivity index (χ2n) is 6.86. The Morgan fingerprint density at radius 2 is 1.88 bits per heavy atom. The SMILES string of the molecule is CN(Cc1cnc2ccccc2n1)CC1CNNC1c1ccc(F)cc1. The molecule has 2 aromatic carbocycles. The van der Waals surface area contributed by atoms with Crippen molar-refractivity contribution in [3.8, 4) is 0 Å². The zero-order chi connectivity index (χ0) is 17.9. The van der Waals surface area contributed by atoms with Gasteiger partial charge in [-0.25, -0.2) is 14.8 Å². The van der Waals surface area contributed by atoms with E-state index in [9.17, 15) is 4.39 Å². The van der Waals surface area contributed by atoms with Gasteiger partial charge < -0.3 is 4.90 Å². The van der Waals surface area contributed by atoms with Gasteiger partial charge in [0.1, 0.15) is 5.82 Å². The van der Waals surface area contributed by atoms with Gasteiger partial charge in [0, 0.05) is 25.6 Å². The molecule has 134 valence electrons. The van der Waals surface area contributed by atoms with Gasteiger partial charge in [-0.3, -0.25) is 10.4 Å². The van der Waals surface area contributed by atoms with Crippen LogP contribution in [0.15, 0.2) is 54.7 Å². The van der Waals surface area contributed by atoms with Crippen molar-refractivity contribution < 1.29 is 4.39 Å². The lowest BCUT2D eigenvalue weighted by atomic mass is 9.94. The number of halogens is 1. The number of rotatable bonds is 5. The second kappa shape index (κ2) is 7.45. The molecule has 1 aliphatic heterocycles. The van der Waals surface area contributed by atoms with E-state index in [0.717, 1.165) is 41.9 Å². The molecule has 1 saturated heterocycles. The molecule has 0 bridgehead atoms. The van der Waals surface area contributed by atoms with Gasteiger partial charge in [0.15, 0.2) is 0 Å². The van der Waals surface area contributed by atoms with Crippen molar-refractivity contribution in [2.75, 3.05) is 20.1 Å². The zero-order valence-corrected chi connectivity index (χ0v) is 14.7. The predicted molar refractivity (Wildman–Crippen MR) is 99.6 cm³/mol. The number of fused-ring (bicyclic) bond motifs is 1. The van der Waals surface area contributed by atoms with Crippen LogP contribution in [0.4, 0.5) is 4.39 Å². The normalized spacial score (nSPS) is 20.1. The summed E-state index contributed by atoms with van der Waals surface area (Å²) in [5.74, 6) is 0.183. The summed E-state index contributed by atoms with van der Waals surface area (Å²) in [5, 5.41) is 0. The van der Waals surface area contributed by atoms with Crippen molar-refractivity contribution in [3.05, 3.63) is 71.8 Å². The second-order valence-corrected chi connectivity index (χ2v) is 6.86. The lowest BCUT2D eigenvalue weighted by molar-refractivity contribution is 0.260. The molecule has 2 unspecified atom stereocenters. The van der Waals surface area contributed by atoms with Gasteiger partial charge in [-0.2, -0.15) is 0 Å². The number of nitrogens with one attached hydrogen (secondary N) is 2. The molecule has 0 amide bonds. The van der Waals surface area contributed by atoms with Gasteiger partial charge >= 0.3 is 0 Å². The first-order chi connectivity index (χ1) is 12.7. The van der Waals surface area contributed by atoms with Gasteiger partial charge in [-0.1, -0.05) is 24.3 Å². The smallest absolute Gasteiger partial charge is 0.123 e. The first-order valence-corrected chi connectivity index (χ1v) is 8.82. The van der Waals surface area contributed by atoms with Gasteiger partial charge in [-0.15, -0.1) is 0 Å². The Morgan fingerprint density at radius 3 is 2.69 bits per heavy atom. The molecular formula is C20H22FN5. The molecule has 2 N–H and O–H groups in total. The van der Waals surface area contributed by atoms with E-state index >= 15 is 0 Å². The molecule has 0 radical (unpaired) electrons. The quantitative estimate of drug-likeness (QED) is 0.740. The summed E-state index contributed by atoms with van der Waals surface area (Å²) in [6, 6.07) is 14.8. The van der Waals surface area contributed by atoms with E-state index in [0.29, 0.717) is 5.92 Å². The molecule has 0 spiro atoms. The van der Waals surface area contributed by atoms with E-state index in [1.54, 1.807) is 0 Å². The van der Waals surface area contributed by atoms with Crippen molar-refractivity contribution in [3.63, 3.8) is 0 Å². The predicted octanol–water partition coefficient (Wildman–Crippen LogP) is 2.67. The average Bonchev–Trinajstić information content (AvgIpc) is 3.10. The number of aromatic nitrogens is 2. The van der Waals surface area contributed by atoms with Crippen LogP contribution in [0.1, 0.15) is 17.3 Å². The van der Waals surface area contributed by atoms with Crippen molar-refractivity contribution >= 4 is 11.0 Å². The summed E-state index contributed by atoms with van der Waals surface area (Å²) in [4.78, 5) is 11.4. The fourth-order valence-electron chi connectivity index (χ4n) is 3.54. The van der Waals surface area contributed by atoms with Crippen LogP contribution in [0.5, 0.6) is 0 Å². The summed E-state index contributed by atoms with van der Waals surface area (Å²) in [6.45, 7) is 2.51. The van der Waals surface area contributed by atoms with Crippen LogP contribution in [-0.4, -0.2) is 35.0 Å². The lowest BCUT2D eigenvalue weighted by Crippen LogP contribution is -2.30. The Hall–Kier alpha value is -2.41.